The summed E-state index contributed by atoms with van der Waals surface area (Å²) >= 11 is 11.8. The van der Waals surface area contributed by atoms with Crippen LogP contribution in [0.25, 0.3) is 0 Å². The molecule has 7 nitrogen and oxygen atoms in total. The first-order valence-electron chi connectivity index (χ1n) is 7.68. The molecule has 0 radical (unpaired) electrons. The highest BCUT2D eigenvalue weighted by Gasteiger charge is 2.14. The van der Waals surface area contributed by atoms with Crippen LogP contribution in [0.5, 0.6) is 5.75 Å². The Kier molecular flexibility index (Phi) is 5.57. The molecule has 132 valence electrons. The average Bonchev–Trinajstić information content (AvgIpc) is 2.59. The Morgan fingerprint density at radius 1 is 1.24 bits per heavy atom. The Labute approximate surface area is 155 Å². The van der Waals surface area contributed by atoms with Gasteiger partial charge in [-0.15, -0.1) is 0 Å². The fraction of sp³-hybridized carbons (Fsp3) is 0.312. The molecule has 0 saturated carbocycles. The number of phenols is 1. The third kappa shape index (κ3) is 4.50. The lowest BCUT2D eigenvalue weighted by Crippen LogP contribution is -2.36. The molecule has 1 aliphatic heterocycles. The van der Waals surface area contributed by atoms with Crippen LogP contribution in [0.15, 0.2) is 23.3 Å². The second kappa shape index (κ2) is 7.86. The predicted octanol–water partition coefficient (Wildman–Crippen LogP) is 3.08. The maximum absolute atomic E-state index is 9.92. The molecule has 1 aromatic carbocycles. The van der Waals surface area contributed by atoms with Gasteiger partial charge in [0, 0.05) is 29.7 Å². The number of hydrogen-bond acceptors (Lipinski definition) is 7. The quantitative estimate of drug-likeness (QED) is 0.625. The van der Waals surface area contributed by atoms with Gasteiger partial charge in [0.2, 0.25) is 0 Å². The third-order valence-electron chi connectivity index (χ3n) is 3.60. The van der Waals surface area contributed by atoms with Crippen molar-refractivity contribution in [1.82, 2.24) is 9.97 Å². The van der Waals surface area contributed by atoms with Crippen LogP contribution >= 0.6 is 23.2 Å². The van der Waals surface area contributed by atoms with Crippen molar-refractivity contribution in [2.45, 2.75) is 6.92 Å². The fourth-order valence-corrected chi connectivity index (χ4v) is 2.93. The van der Waals surface area contributed by atoms with Gasteiger partial charge in [0.25, 0.3) is 0 Å². The van der Waals surface area contributed by atoms with Gasteiger partial charge < -0.3 is 14.7 Å². The molecule has 2 heterocycles. The van der Waals surface area contributed by atoms with Crippen molar-refractivity contribution in [2.24, 2.45) is 5.10 Å². The molecule has 0 unspecified atom stereocenters. The maximum Gasteiger partial charge on any atom is 0.152 e. The first-order valence-corrected chi connectivity index (χ1v) is 8.44. The number of ether oxygens (including phenoxy) is 1. The summed E-state index contributed by atoms with van der Waals surface area (Å²) in [6.07, 6.45) is 1.43. The number of rotatable bonds is 4. The number of nitrogens with one attached hydrogen (secondary N) is 1. The summed E-state index contributed by atoms with van der Waals surface area (Å²) < 4.78 is 5.36. The van der Waals surface area contributed by atoms with E-state index in [9.17, 15) is 5.11 Å². The zero-order chi connectivity index (χ0) is 17.8. The molecule has 0 amide bonds. The lowest BCUT2D eigenvalue weighted by Gasteiger charge is -2.28. The minimum atomic E-state index is -0.0792. The summed E-state index contributed by atoms with van der Waals surface area (Å²) in [5.74, 6) is 1.93. The van der Waals surface area contributed by atoms with Gasteiger partial charge in [-0.1, -0.05) is 23.2 Å². The highest BCUT2D eigenvalue weighted by Crippen LogP contribution is 2.30. The van der Waals surface area contributed by atoms with E-state index in [2.05, 4.69) is 25.4 Å². The van der Waals surface area contributed by atoms with Crippen molar-refractivity contribution in [3.8, 4) is 5.75 Å². The number of anilines is 2. The molecule has 1 aliphatic rings. The molecule has 0 bridgehead atoms. The van der Waals surface area contributed by atoms with Gasteiger partial charge in [-0.2, -0.15) is 5.10 Å². The molecule has 1 fully saturated rings. The summed E-state index contributed by atoms with van der Waals surface area (Å²) in [5.41, 5.74) is 3.25. The lowest BCUT2D eigenvalue weighted by atomic mass is 10.2. The smallest absolute Gasteiger partial charge is 0.152 e. The normalized spacial score (nSPS) is 14.9. The summed E-state index contributed by atoms with van der Waals surface area (Å²) in [6, 6.07) is 4.85. The molecule has 0 aliphatic carbocycles. The summed E-state index contributed by atoms with van der Waals surface area (Å²) in [6.45, 7) is 4.75. The van der Waals surface area contributed by atoms with Crippen LogP contribution in [0.2, 0.25) is 10.0 Å². The van der Waals surface area contributed by atoms with E-state index in [0.29, 0.717) is 35.4 Å². The first-order chi connectivity index (χ1) is 12.0. The summed E-state index contributed by atoms with van der Waals surface area (Å²) in [4.78, 5) is 10.9. The topological polar surface area (TPSA) is 82.9 Å². The molecule has 25 heavy (non-hydrogen) atoms. The maximum atomic E-state index is 9.92. The Morgan fingerprint density at radius 3 is 2.76 bits per heavy atom. The number of hydrogen-bond donors (Lipinski definition) is 2. The zero-order valence-corrected chi connectivity index (χ0v) is 15.0. The lowest BCUT2D eigenvalue weighted by molar-refractivity contribution is 0.122. The van der Waals surface area contributed by atoms with E-state index < -0.39 is 0 Å². The van der Waals surface area contributed by atoms with E-state index in [0.717, 1.165) is 18.9 Å². The van der Waals surface area contributed by atoms with E-state index in [1.54, 1.807) is 6.07 Å². The monoisotopic (exact) mass is 381 g/mol. The molecule has 2 aromatic rings. The van der Waals surface area contributed by atoms with Crippen molar-refractivity contribution >= 4 is 41.1 Å². The Hall–Kier alpha value is -2.09. The molecule has 3 rings (SSSR count). The van der Waals surface area contributed by atoms with Gasteiger partial charge in [0.05, 0.1) is 24.5 Å². The minimum Gasteiger partial charge on any atom is -0.506 e. The van der Waals surface area contributed by atoms with Gasteiger partial charge in [-0.3, -0.25) is 5.43 Å². The van der Waals surface area contributed by atoms with E-state index in [4.69, 9.17) is 27.9 Å². The molecular formula is C16H17Cl2N5O2. The third-order valence-corrected chi connectivity index (χ3v) is 4.11. The highest BCUT2D eigenvalue weighted by molar-refractivity contribution is 6.36. The summed E-state index contributed by atoms with van der Waals surface area (Å²) in [5, 5.41) is 14.6. The molecule has 0 atom stereocenters. The van der Waals surface area contributed by atoms with Gasteiger partial charge in [-0.05, 0) is 19.1 Å². The molecule has 1 aromatic heterocycles. The average molecular weight is 382 g/mol. The number of aromatic hydroxyl groups is 1. The van der Waals surface area contributed by atoms with Crippen LogP contribution in [0, 0.1) is 6.92 Å². The molecule has 2 N–H and O–H groups in total. The number of halogens is 2. The second-order valence-corrected chi connectivity index (χ2v) is 6.30. The Bertz CT molecular complexity index is 794. The van der Waals surface area contributed by atoms with Crippen LogP contribution in [-0.4, -0.2) is 47.6 Å². The first kappa shape index (κ1) is 17.7. The zero-order valence-electron chi connectivity index (χ0n) is 13.5. The van der Waals surface area contributed by atoms with Crippen molar-refractivity contribution in [2.75, 3.05) is 36.6 Å². The van der Waals surface area contributed by atoms with Crippen molar-refractivity contribution in [1.29, 1.82) is 0 Å². The van der Waals surface area contributed by atoms with Crippen LogP contribution in [0.1, 0.15) is 11.4 Å². The number of morpholine rings is 1. The van der Waals surface area contributed by atoms with Crippen molar-refractivity contribution in [3.05, 3.63) is 39.6 Å². The molecule has 0 spiro atoms. The number of phenolic OH excluding ortho intramolecular Hbond substituents is 1. The Balaban J connectivity index is 1.76. The van der Waals surface area contributed by atoms with E-state index in [1.807, 2.05) is 13.0 Å². The molecular weight excluding hydrogens is 365 g/mol. The van der Waals surface area contributed by atoms with E-state index >= 15 is 0 Å². The summed E-state index contributed by atoms with van der Waals surface area (Å²) in [7, 11) is 0. The second-order valence-electron chi connectivity index (χ2n) is 5.45. The minimum absolute atomic E-state index is 0.0792. The number of aryl methyl sites for hydroxylation is 1. The van der Waals surface area contributed by atoms with Crippen LogP contribution in [-0.2, 0) is 4.74 Å². The molecule has 9 heteroatoms. The molecule has 1 saturated heterocycles. The van der Waals surface area contributed by atoms with Crippen molar-refractivity contribution < 1.29 is 9.84 Å². The Morgan fingerprint density at radius 2 is 2.00 bits per heavy atom. The van der Waals surface area contributed by atoms with Crippen LogP contribution in [0.3, 0.4) is 0 Å². The number of nitrogens with zero attached hydrogens (tertiary/aromatic N) is 4. The standard InChI is InChI=1S/C16H17Cl2N5O2/c1-10-20-14(8-15(21-10)23-2-4-25-5-3-23)22-19-9-11-6-12(17)7-13(18)16(11)24/h6-9,24H,2-5H2,1H3,(H,20,21,22). The largest absolute Gasteiger partial charge is 0.506 e. The predicted molar refractivity (Wildman–Crippen MR) is 99.1 cm³/mol. The van der Waals surface area contributed by atoms with Gasteiger partial charge in [-0.25, -0.2) is 9.97 Å². The fourth-order valence-electron chi connectivity index (χ4n) is 2.42. The van der Waals surface area contributed by atoms with Crippen molar-refractivity contribution in [3.63, 3.8) is 0 Å². The number of hydrazone groups is 1. The van der Waals surface area contributed by atoms with E-state index in [1.165, 1.54) is 12.3 Å². The van der Waals surface area contributed by atoms with Crippen LogP contribution < -0.4 is 10.3 Å². The van der Waals surface area contributed by atoms with Gasteiger partial charge in [0.1, 0.15) is 17.4 Å². The highest BCUT2D eigenvalue weighted by atomic mass is 35.5. The van der Waals surface area contributed by atoms with E-state index in [-0.39, 0.29) is 10.8 Å². The number of aromatic nitrogens is 2. The SMILES string of the molecule is Cc1nc(NN=Cc2cc(Cl)cc(Cl)c2O)cc(N2CCOCC2)n1. The van der Waals surface area contributed by atoms with Gasteiger partial charge in [0.15, 0.2) is 5.82 Å². The van der Waals surface area contributed by atoms with Crippen LogP contribution in [0.4, 0.5) is 11.6 Å². The number of benzene rings is 1. The van der Waals surface area contributed by atoms with Gasteiger partial charge >= 0.3 is 0 Å².